The Morgan fingerprint density at radius 1 is 1.38 bits per heavy atom. The molecule has 21 heavy (non-hydrogen) atoms. The minimum Gasteiger partial charge on any atom is -0.387 e. The van der Waals surface area contributed by atoms with Crippen LogP contribution in [-0.4, -0.2) is 29.2 Å². The molecule has 6 heteroatoms. The van der Waals surface area contributed by atoms with Gasteiger partial charge in [0.2, 0.25) is 0 Å². The van der Waals surface area contributed by atoms with Crippen molar-refractivity contribution in [1.82, 2.24) is 5.32 Å². The molecule has 118 valence electrons. The molecule has 1 aromatic rings. The van der Waals surface area contributed by atoms with E-state index < -0.39 is 17.8 Å². The molecule has 1 saturated carbocycles. The van der Waals surface area contributed by atoms with E-state index in [1.54, 1.807) is 0 Å². The molecule has 0 aliphatic heterocycles. The zero-order valence-electron chi connectivity index (χ0n) is 11.9. The minimum absolute atomic E-state index is 0.244. The summed E-state index contributed by atoms with van der Waals surface area (Å²) in [5.74, 6) is 0. The maximum atomic E-state index is 12.6. The van der Waals surface area contributed by atoms with Crippen LogP contribution in [0.5, 0.6) is 0 Å². The molecule has 0 saturated heterocycles. The summed E-state index contributed by atoms with van der Waals surface area (Å²) in [4.78, 5) is 0. The highest BCUT2D eigenvalue weighted by atomic mass is 32.2. The number of aliphatic hydroxyl groups excluding tert-OH is 1. The van der Waals surface area contributed by atoms with Crippen LogP contribution in [-0.2, 0) is 6.18 Å². The summed E-state index contributed by atoms with van der Waals surface area (Å²) in [6.07, 6.45) is 0.300. The van der Waals surface area contributed by atoms with E-state index in [1.165, 1.54) is 18.6 Å². The quantitative estimate of drug-likeness (QED) is 0.840. The lowest BCUT2D eigenvalue weighted by Crippen LogP contribution is -2.44. The summed E-state index contributed by atoms with van der Waals surface area (Å²) in [5, 5.41) is 13.2. The molecule has 0 spiro atoms. The summed E-state index contributed by atoms with van der Waals surface area (Å²) in [6, 6.07) is 4.88. The number of benzene rings is 1. The lowest BCUT2D eigenvalue weighted by molar-refractivity contribution is -0.137. The van der Waals surface area contributed by atoms with Gasteiger partial charge in [-0.15, -0.1) is 0 Å². The van der Waals surface area contributed by atoms with Crippen LogP contribution >= 0.6 is 11.8 Å². The topological polar surface area (TPSA) is 32.3 Å². The van der Waals surface area contributed by atoms with Gasteiger partial charge in [-0.3, -0.25) is 0 Å². The monoisotopic (exact) mass is 319 g/mol. The van der Waals surface area contributed by atoms with E-state index in [2.05, 4.69) is 11.6 Å². The molecular weight excluding hydrogens is 299 g/mol. The highest BCUT2D eigenvalue weighted by molar-refractivity contribution is 8.00. The van der Waals surface area contributed by atoms with Crippen LogP contribution in [0, 0.1) is 0 Å². The van der Waals surface area contributed by atoms with Crippen molar-refractivity contribution in [3.8, 4) is 0 Å². The molecule has 1 unspecified atom stereocenters. The molecule has 0 aromatic heterocycles. The van der Waals surface area contributed by atoms with Crippen LogP contribution in [0.3, 0.4) is 0 Å². The zero-order valence-corrected chi connectivity index (χ0v) is 12.7. The second-order valence-corrected chi connectivity index (χ2v) is 6.78. The number of aliphatic hydroxyl groups is 1. The Morgan fingerprint density at radius 3 is 2.62 bits per heavy atom. The standard InChI is InChI=1S/C15H20F3NOS/c1-21-14(6-3-7-14)10-19-9-13(20)11-4-2-5-12(8-11)15(16,17)18/h2,4-5,8,13,19-20H,3,6-7,9-10H2,1H3. The first-order chi connectivity index (χ1) is 9.86. The van der Waals surface area contributed by atoms with Crippen molar-refractivity contribution in [1.29, 1.82) is 0 Å². The van der Waals surface area contributed by atoms with Crippen LogP contribution in [0.25, 0.3) is 0 Å². The Kier molecular flexibility index (Phi) is 5.22. The number of thioether (sulfide) groups is 1. The van der Waals surface area contributed by atoms with E-state index in [0.29, 0.717) is 5.56 Å². The van der Waals surface area contributed by atoms with Gasteiger partial charge in [-0.1, -0.05) is 18.6 Å². The fourth-order valence-corrected chi connectivity index (χ4v) is 3.44. The lowest BCUT2D eigenvalue weighted by atomic mass is 9.84. The highest BCUT2D eigenvalue weighted by Crippen LogP contribution is 2.42. The summed E-state index contributed by atoms with van der Waals surface area (Å²) in [6.45, 7) is 1.05. The molecule has 2 N–H and O–H groups in total. The Bertz CT molecular complexity index is 469. The van der Waals surface area contributed by atoms with E-state index in [0.717, 1.165) is 31.5 Å². The first kappa shape index (κ1) is 16.6. The second-order valence-electron chi connectivity index (χ2n) is 5.51. The predicted molar refractivity (Wildman–Crippen MR) is 79.4 cm³/mol. The summed E-state index contributed by atoms with van der Waals surface area (Å²) in [7, 11) is 0. The predicted octanol–water partition coefficient (Wildman–Crippen LogP) is 3.61. The van der Waals surface area contributed by atoms with Crippen molar-refractivity contribution in [2.45, 2.75) is 36.3 Å². The Balaban J connectivity index is 1.90. The van der Waals surface area contributed by atoms with Gasteiger partial charge in [0, 0.05) is 17.8 Å². The van der Waals surface area contributed by atoms with Crippen LogP contribution in [0.1, 0.15) is 36.5 Å². The van der Waals surface area contributed by atoms with Crippen molar-refractivity contribution in [2.24, 2.45) is 0 Å². The van der Waals surface area contributed by atoms with Gasteiger partial charge in [0.25, 0.3) is 0 Å². The minimum atomic E-state index is -4.38. The SMILES string of the molecule is CSC1(CNCC(O)c2cccc(C(F)(F)F)c2)CCC1. The maximum Gasteiger partial charge on any atom is 0.416 e. The fourth-order valence-electron chi connectivity index (χ4n) is 2.50. The van der Waals surface area contributed by atoms with Gasteiger partial charge in [0.1, 0.15) is 0 Å². The third-order valence-electron chi connectivity index (χ3n) is 4.08. The maximum absolute atomic E-state index is 12.6. The van der Waals surface area contributed by atoms with Crippen LogP contribution < -0.4 is 5.32 Å². The number of rotatable bonds is 6. The first-order valence-corrected chi connectivity index (χ1v) is 8.20. The van der Waals surface area contributed by atoms with Crippen molar-refractivity contribution < 1.29 is 18.3 Å². The van der Waals surface area contributed by atoms with E-state index in [4.69, 9.17) is 0 Å². The van der Waals surface area contributed by atoms with Crippen LogP contribution in [0.15, 0.2) is 24.3 Å². The summed E-state index contributed by atoms with van der Waals surface area (Å²) >= 11 is 1.82. The molecule has 1 aromatic carbocycles. The van der Waals surface area contributed by atoms with Gasteiger partial charge >= 0.3 is 6.18 Å². The smallest absolute Gasteiger partial charge is 0.387 e. The van der Waals surface area contributed by atoms with E-state index in [1.807, 2.05) is 11.8 Å². The molecule has 1 fully saturated rings. The fraction of sp³-hybridized carbons (Fsp3) is 0.600. The average molecular weight is 319 g/mol. The average Bonchev–Trinajstić information content (AvgIpc) is 2.41. The number of hydrogen-bond donors (Lipinski definition) is 2. The van der Waals surface area contributed by atoms with E-state index in [-0.39, 0.29) is 11.3 Å². The molecule has 0 amide bonds. The number of hydrogen-bond acceptors (Lipinski definition) is 3. The summed E-state index contributed by atoms with van der Waals surface area (Å²) < 4.78 is 38.2. The zero-order chi connectivity index (χ0) is 15.5. The third kappa shape index (κ3) is 4.14. The highest BCUT2D eigenvalue weighted by Gasteiger charge is 2.35. The molecule has 0 bridgehead atoms. The first-order valence-electron chi connectivity index (χ1n) is 6.97. The van der Waals surface area contributed by atoms with Gasteiger partial charge in [-0.2, -0.15) is 24.9 Å². The van der Waals surface area contributed by atoms with Gasteiger partial charge < -0.3 is 10.4 Å². The Morgan fingerprint density at radius 2 is 2.10 bits per heavy atom. The molecular formula is C15H20F3NOS. The largest absolute Gasteiger partial charge is 0.416 e. The van der Waals surface area contributed by atoms with Gasteiger partial charge in [0.05, 0.1) is 11.7 Å². The van der Waals surface area contributed by atoms with E-state index in [9.17, 15) is 18.3 Å². The van der Waals surface area contributed by atoms with Gasteiger partial charge in [-0.05, 0) is 36.8 Å². The molecule has 0 radical (unpaired) electrons. The van der Waals surface area contributed by atoms with Gasteiger partial charge in [-0.25, -0.2) is 0 Å². The number of halogens is 3. The van der Waals surface area contributed by atoms with Crippen LogP contribution in [0.2, 0.25) is 0 Å². The van der Waals surface area contributed by atoms with Crippen molar-refractivity contribution >= 4 is 11.8 Å². The normalized spacial score (nSPS) is 19.1. The molecule has 0 heterocycles. The number of alkyl halides is 3. The third-order valence-corrected chi connectivity index (χ3v) is 5.50. The van der Waals surface area contributed by atoms with Crippen molar-refractivity contribution in [3.63, 3.8) is 0 Å². The molecule has 1 aliphatic rings. The van der Waals surface area contributed by atoms with Gasteiger partial charge in [0.15, 0.2) is 0 Å². The van der Waals surface area contributed by atoms with E-state index >= 15 is 0 Å². The Hall–Kier alpha value is -0.720. The number of nitrogens with one attached hydrogen (secondary N) is 1. The Labute approximate surface area is 127 Å². The second kappa shape index (κ2) is 6.58. The molecule has 1 aliphatic carbocycles. The molecule has 1 atom stereocenters. The van der Waals surface area contributed by atoms with Crippen molar-refractivity contribution in [3.05, 3.63) is 35.4 Å². The summed E-state index contributed by atoms with van der Waals surface area (Å²) in [5.41, 5.74) is -0.428. The molecule has 2 rings (SSSR count). The van der Waals surface area contributed by atoms with Crippen LogP contribution in [0.4, 0.5) is 13.2 Å². The molecule has 2 nitrogen and oxygen atoms in total. The lowest BCUT2D eigenvalue weighted by Gasteiger charge is -2.40. The van der Waals surface area contributed by atoms with Crippen molar-refractivity contribution in [2.75, 3.05) is 19.3 Å².